The van der Waals surface area contributed by atoms with Crippen molar-refractivity contribution in [2.24, 2.45) is 0 Å². The maximum atomic E-state index is 12.4. The van der Waals surface area contributed by atoms with E-state index in [0.29, 0.717) is 0 Å². The van der Waals surface area contributed by atoms with Gasteiger partial charge in [-0.25, -0.2) is 8.78 Å². The fourth-order valence-corrected chi connectivity index (χ4v) is 1.17. The Morgan fingerprint density at radius 1 is 1.64 bits per heavy atom. The molecule has 1 aromatic rings. The molecule has 0 saturated heterocycles. The Labute approximate surface area is 82.9 Å². The summed E-state index contributed by atoms with van der Waals surface area (Å²) >= 11 is 5.37. The summed E-state index contributed by atoms with van der Waals surface area (Å²) in [5.41, 5.74) is -1.73. The van der Waals surface area contributed by atoms with Gasteiger partial charge in [0.2, 0.25) is 5.43 Å². The quantitative estimate of drug-likeness (QED) is 0.826. The Morgan fingerprint density at radius 2 is 2.29 bits per heavy atom. The normalized spacial score (nSPS) is 10.2. The Morgan fingerprint density at radius 3 is 2.79 bits per heavy atom. The lowest BCUT2D eigenvalue weighted by molar-refractivity contribution is 0.148. The van der Waals surface area contributed by atoms with Crippen molar-refractivity contribution in [3.63, 3.8) is 0 Å². The second-order valence-corrected chi connectivity index (χ2v) is 2.90. The van der Waals surface area contributed by atoms with Crippen molar-refractivity contribution in [2.45, 2.75) is 12.8 Å². The lowest BCUT2D eigenvalue weighted by atomic mass is 10.1. The number of rotatable bonds is 2. The number of pyridine rings is 1. The van der Waals surface area contributed by atoms with Crippen LogP contribution in [0.1, 0.15) is 17.7 Å². The molecule has 1 rings (SSSR count). The third kappa shape index (κ3) is 1.91. The first-order valence-corrected chi connectivity index (χ1v) is 4.00. The minimum absolute atomic E-state index is 0.0862. The van der Waals surface area contributed by atoms with Crippen LogP contribution in [0.2, 0.25) is 5.02 Å². The van der Waals surface area contributed by atoms with Crippen molar-refractivity contribution in [1.29, 1.82) is 5.26 Å². The highest BCUT2D eigenvalue weighted by atomic mass is 35.5. The minimum atomic E-state index is -2.93. The monoisotopic (exact) mass is 218 g/mol. The SMILES string of the molecule is N#CCc1[nH]cc(Cl)c(=O)c1C(F)F. The first-order chi connectivity index (χ1) is 6.57. The smallest absolute Gasteiger partial charge is 0.269 e. The third-order valence-electron chi connectivity index (χ3n) is 1.63. The number of H-pyrrole nitrogens is 1. The first-order valence-electron chi connectivity index (χ1n) is 3.63. The van der Waals surface area contributed by atoms with Crippen LogP contribution in [0.3, 0.4) is 0 Å². The predicted molar refractivity (Wildman–Crippen MR) is 46.3 cm³/mol. The Hall–Kier alpha value is -1.41. The molecule has 6 heteroatoms. The molecular formula is C8H5ClF2N2O. The number of hydrogen-bond donors (Lipinski definition) is 1. The molecule has 14 heavy (non-hydrogen) atoms. The molecule has 0 aromatic carbocycles. The molecular weight excluding hydrogens is 214 g/mol. The molecule has 0 bridgehead atoms. The molecule has 1 aromatic heterocycles. The van der Waals surface area contributed by atoms with Crippen molar-refractivity contribution < 1.29 is 8.78 Å². The van der Waals surface area contributed by atoms with Crippen LogP contribution in [-0.2, 0) is 6.42 Å². The maximum Gasteiger partial charge on any atom is 0.269 e. The molecule has 0 amide bonds. The molecule has 0 atom stereocenters. The van der Waals surface area contributed by atoms with E-state index in [0.717, 1.165) is 6.20 Å². The molecule has 0 spiro atoms. The van der Waals surface area contributed by atoms with Crippen LogP contribution in [0.15, 0.2) is 11.0 Å². The summed E-state index contributed by atoms with van der Waals surface area (Å²) < 4.78 is 24.8. The summed E-state index contributed by atoms with van der Waals surface area (Å²) in [6.07, 6.45) is -2.10. The molecule has 0 aliphatic heterocycles. The van der Waals surface area contributed by atoms with Gasteiger partial charge in [0.05, 0.1) is 18.1 Å². The van der Waals surface area contributed by atoms with E-state index in [1.165, 1.54) is 0 Å². The molecule has 0 aliphatic rings. The van der Waals surface area contributed by atoms with Gasteiger partial charge in [0.15, 0.2) is 0 Å². The molecule has 1 heterocycles. The molecule has 3 nitrogen and oxygen atoms in total. The second kappa shape index (κ2) is 4.20. The van der Waals surface area contributed by atoms with Crippen LogP contribution in [0.5, 0.6) is 0 Å². The van der Waals surface area contributed by atoms with Gasteiger partial charge in [-0.1, -0.05) is 11.6 Å². The van der Waals surface area contributed by atoms with Crippen LogP contribution < -0.4 is 5.43 Å². The van der Waals surface area contributed by atoms with E-state index in [-0.39, 0.29) is 17.1 Å². The van der Waals surface area contributed by atoms with Gasteiger partial charge in [-0.05, 0) is 0 Å². The van der Waals surface area contributed by atoms with Gasteiger partial charge in [0, 0.05) is 11.9 Å². The highest BCUT2D eigenvalue weighted by Crippen LogP contribution is 2.19. The molecule has 74 valence electrons. The van der Waals surface area contributed by atoms with Crippen LogP contribution in [0.4, 0.5) is 8.78 Å². The molecule has 0 unspecified atom stereocenters. The zero-order valence-electron chi connectivity index (χ0n) is 6.85. The molecule has 0 aliphatic carbocycles. The second-order valence-electron chi connectivity index (χ2n) is 2.49. The fraction of sp³-hybridized carbons (Fsp3) is 0.250. The molecule has 0 fully saturated rings. The van der Waals surface area contributed by atoms with E-state index in [9.17, 15) is 13.6 Å². The maximum absolute atomic E-state index is 12.4. The first kappa shape index (κ1) is 10.7. The van der Waals surface area contributed by atoms with E-state index >= 15 is 0 Å². The number of halogens is 3. The number of nitriles is 1. The summed E-state index contributed by atoms with van der Waals surface area (Å²) in [6, 6.07) is 1.68. The average Bonchev–Trinajstić information content (AvgIpc) is 2.11. The van der Waals surface area contributed by atoms with Crippen LogP contribution in [-0.4, -0.2) is 4.98 Å². The Bertz CT molecular complexity index is 436. The summed E-state index contributed by atoms with van der Waals surface area (Å²) in [5.74, 6) is 0. The van der Waals surface area contributed by atoms with Crippen molar-refractivity contribution in [2.75, 3.05) is 0 Å². The summed E-state index contributed by atoms with van der Waals surface area (Å²) in [4.78, 5) is 13.6. The van der Waals surface area contributed by atoms with Crippen LogP contribution in [0, 0.1) is 11.3 Å². The zero-order chi connectivity index (χ0) is 10.7. The van der Waals surface area contributed by atoms with Crippen molar-refractivity contribution in [3.8, 4) is 6.07 Å². The van der Waals surface area contributed by atoms with Crippen LogP contribution in [0.25, 0.3) is 0 Å². The standard InChI is InChI=1S/C8H5ClF2N2O/c9-4-3-13-5(1-2-12)6(7(4)14)8(10)11/h3,8H,1H2,(H,13,14). The lowest BCUT2D eigenvalue weighted by Gasteiger charge is -2.04. The Balaban J connectivity index is 3.39. The highest BCUT2D eigenvalue weighted by molar-refractivity contribution is 6.30. The zero-order valence-corrected chi connectivity index (χ0v) is 7.61. The number of alkyl halides is 2. The van der Waals surface area contributed by atoms with Gasteiger partial charge in [-0.15, -0.1) is 0 Å². The third-order valence-corrected chi connectivity index (χ3v) is 1.91. The number of hydrogen-bond acceptors (Lipinski definition) is 2. The topological polar surface area (TPSA) is 56.6 Å². The molecule has 0 saturated carbocycles. The summed E-state index contributed by atoms with van der Waals surface area (Å²) in [5, 5.41) is 8.03. The predicted octanol–water partition coefficient (Wildman–Crippen LogP) is 2.03. The van der Waals surface area contributed by atoms with E-state index in [1.54, 1.807) is 6.07 Å². The van der Waals surface area contributed by atoms with Gasteiger partial charge < -0.3 is 4.98 Å². The number of nitrogens with one attached hydrogen (secondary N) is 1. The average molecular weight is 219 g/mol. The van der Waals surface area contributed by atoms with E-state index in [2.05, 4.69) is 4.98 Å². The lowest BCUT2D eigenvalue weighted by Crippen LogP contribution is -2.14. The molecule has 0 radical (unpaired) electrons. The van der Waals surface area contributed by atoms with Crippen molar-refractivity contribution in [1.82, 2.24) is 4.98 Å². The fourth-order valence-electron chi connectivity index (χ4n) is 1.02. The van der Waals surface area contributed by atoms with Crippen molar-refractivity contribution in [3.05, 3.63) is 32.7 Å². The van der Waals surface area contributed by atoms with Gasteiger partial charge in [0.25, 0.3) is 6.43 Å². The molecule has 1 N–H and O–H groups in total. The van der Waals surface area contributed by atoms with Gasteiger partial charge in [-0.2, -0.15) is 5.26 Å². The van der Waals surface area contributed by atoms with Crippen LogP contribution >= 0.6 is 11.6 Å². The number of aromatic amines is 1. The highest BCUT2D eigenvalue weighted by Gasteiger charge is 2.19. The van der Waals surface area contributed by atoms with Gasteiger partial charge in [0.1, 0.15) is 5.02 Å². The van der Waals surface area contributed by atoms with E-state index in [4.69, 9.17) is 16.9 Å². The van der Waals surface area contributed by atoms with Crippen molar-refractivity contribution >= 4 is 11.6 Å². The van der Waals surface area contributed by atoms with Gasteiger partial charge in [-0.3, -0.25) is 4.79 Å². The minimum Gasteiger partial charge on any atom is -0.362 e. The number of aromatic nitrogens is 1. The largest absolute Gasteiger partial charge is 0.362 e. The van der Waals surface area contributed by atoms with E-state index < -0.39 is 17.4 Å². The summed E-state index contributed by atoms with van der Waals surface area (Å²) in [7, 11) is 0. The number of nitrogens with zero attached hydrogens (tertiary/aromatic N) is 1. The summed E-state index contributed by atoms with van der Waals surface area (Å²) in [6.45, 7) is 0. The van der Waals surface area contributed by atoms with Gasteiger partial charge >= 0.3 is 0 Å². The Kier molecular flexibility index (Phi) is 3.20. The van der Waals surface area contributed by atoms with E-state index in [1.807, 2.05) is 0 Å².